The van der Waals surface area contributed by atoms with Crippen LogP contribution in [0.2, 0.25) is 0 Å². The molecule has 2 N–H and O–H groups in total. The van der Waals surface area contributed by atoms with Crippen molar-refractivity contribution >= 4 is 5.91 Å². The van der Waals surface area contributed by atoms with Crippen LogP contribution in [-0.4, -0.2) is 24.2 Å². The molecule has 2 rings (SSSR count). The average Bonchev–Trinajstić information content (AvgIpc) is 2.59. The van der Waals surface area contributed by atoms with Crippen LogP contribution in [0.15, 0.2) is 54.6 Å². The molecular formula is C20H25NO2. The molecule has 0 spiro atoms. The Morgan fingerprint density at radius 1 is 1.09 bits per heavy atom. The van der Waals surface area contributed by atoms with Crippen molar-refractivity contribution in [3.8, 4) is 0 Å². The van der Waals surface area contributed by atoms with E-state index in [1.165, 1.54) is 11.1 Å². The van der Waals surface area contributed by atoms with E-state index in [1.54, 1.807) is 0 Å². The highest BCUT2D eigenvalue weighted by atomic mass is 16.3. The van der Waals surface area contributed by atoms with E-state index in [4.69, 9.17) is 0 Å². The maximum absolute atomic E-state index is 12.0. The van der Waals surface area contributed by atoms with E-state index in [-0.39, 0.29) is 18.4 Å². The molecule has 0 heterocycles. The first kappa shape index (κ1) is 17.2. The SMILES string of the molecule is Cc1ccc(CCC(=O)NCC(CCO)c2ccccc2)cc1. The van der Waals surface area contributed by atoms with Crippen molar-refractivity contribution in [3.05, 3.63) is 71.3 Å². The highest BCUT2D eigenvalue weighted by molar-refractivity contribution is 5.76. The number of aliphatic hydroxyl groups is 1. The molecule has 0 aliphatic rings. The fourth-order valence-corrected chi connectivity index (χ4v) is 2.61. The molecule has 122 valence electrons. The number of benzene rings is 2. The number of aliphatic hydroxyl groups excluding tert-OH is 1. The second-order valence-electron chi connectivity index (χ2n) is 5.91. The van der Waals surface area contributed by atoms with Crippen molar-refractivity contribution in [2.45, 2.75) is 32.1 Å². The van der Waals surface area contributed by atoms with Gasteiger partial charge in [0.1, 0.15) is 0 Å². The third-order valence-electron chi connectivity index (χ3n) is 4.06. The average molecular weight is 311 g/mol. The minimum absolute atomic E-state index is 0.0597. The van der Waals surface area contributed by atoms with Crippen LogP contribution >= 0.6 is 0 Å². The Kier molecular flexibility index (Phi) is 6.82. The van der Waals surface area contributed by atoms with Crippen LogP contribution in [0, 0.1) is 6.92 Å². The Morgan fingerprint density at radius 2 is 1.78 bits per heavy atom. The molecule has 0 fully saturated rings. The molecule has 2 aromatic carbocycles. The molecule has 0 radical (unpaired) electrons. The summed E-state index contributed by atoms with van der Waals surface area (Å²) in [4.78, 5) is 12.0. The van der Waals surface area contributed by atoms with Crippen LogP contribution in [0.25, 0.3) is 0 Å². The van der Waals surface area contributed by atoms with Gasteiger partial charge in [0.25, 0.3) is 0 Å². The lowest BCUT2D eigenvalue weighted by atomic mass is 9.96. The number of aryl methyl sites for hydroxylation is 2. The van der Waals surface area contributed by atoms with Crippen LogP contribution in [0.4, 0.5) is 0 Å². The summed E-state index contributed by atoms with van der Waals surface area (Å²) in [7, 11) is 0. The highest BCUT2D eigenvalue weighted by Gasteiger charge is 2.12. The molecule has 1 atom stereocenters. The molecule has 23 heavy (non-hydrogen) atoms. The third-order valence-corrected chi connectivity index (χ3v) is 4.06. The summed E-state index contributed by atoms with van der Waals surface area (Å²) in [6, 6.07) is 18.3. The Balaban J connectivity index is 1.80. The number of hydrogen-bond acceptors (Lipinski definition) is 2. The van der Waals surface area contributed by atoms with Crippen molar-refractivity contribution in [3.63, 3.8) is 0 Å². The van der Waals surface area contributed by atoms with E-state index < -0.39 is 0 Å². The van der Waals surface area contributed by atoms with Crippen LogP contribution in [0.3, 0.4) is 0 Å². The summed E-state index contributed by atoms with van der Waals surface area (Å²) in [6.45, 7) is 2.75. The predicted octanol–water partition coefficient (Wildman–Crippen LogP) is 3.21. The normalized spacial score (nSPS) is 11.9. The monoisotopic (exact) mass is 311 g/mol. The molecule has 1 unspecified atom stereocenters. The maximum Gasteiger partial charge on any atom is 0.220 e. The first-order valence-corrected chi connectivity index (χ1v) is 8.17. The second kappa shape index (κ2) is 9.11. The quantitative estimate of drug-likeness (QED) is 0.786. The zero-order valence-electron chi connectivity index (χ0n) is 13.7. The van der Waals surface area contributed by atoms with Gasteiger partial charge >= 0.3 is 0 Å². The van der Waals surface area contributed by atoms with E-state index in [1.807, 2.05) is 30.3 Å². The topological polar surface area (TPSA) is 49.3 Å². The lowest BCUT2D eigenvalue weighted by Crippen LogP contribution is -2.29. The van der Waals surface area contributed by atoms with Crippen molar-refractivity contribution < 1.29 is 9.90 Å². The predicted molar refractivity (Wildman–Crippen MR) is 93.4 cm³/mol. The lowest BCUT2D eigenvalue weighted by molar-refractivity contribution is -0.121. The van der Waals surface area contributed by atoms with Gasteiger partial charge in [-0.25, -0.2) is 0 Å². The fraction of sp³-hybridized carbons (Fsp3) is 0.350. The van der Waals surface area contributed by atoms with Crippen molar-refractivity contribution in [1.82, 2.24) is 5.32 Å². The maximum atomic E-state index is 12.0. The highest BCUT2D eigenvalue weighted by Crippen LogP contribution is 2.18. The van der Waals surface area contributed by atoms with Gasteiger partial charge in [0.2, 0.25) is 5.91 Å². The fourth-order valence-electron chi connectivity index (χ4n) is 2.61. The van der Waals surface area contributed by atoms with Gasteiger partial charge in [0.15, 0.2) is 0 Å². The first-order valence-electron chi connectivity index (χ1n) is 8.17. The standard InChI is InChI=1S/C20H25NO2/c1-16-7-9-17(10-8-16)11-12-20(23)21-15-19(13-14-22)18-5-3-2-4-6-18/h2-10,19,22H,11-15H2,1H3,(H,21,23). The van der Waals surface area contributed by atoms with Gasteiger partial charge in [0.05, 0.1) is 0 Å². The van der Waals surface area contributed by atoms with E-state index in [2.05, 4.69) is 36.5 Å². The molecule has 0 aliphatic carbocycles. The number of carbonyl (C=O) groups excluding carboxylic acids is 1. The molecule has 3 nitrogen and oxygen atoms in total. The number of hydrogen-bond donors (Lipinski definition) is 2. The summed E-state index contributed by atoms with van der Waals surface area (Å²) in [5.74, 6) is 0.217. The first-order chi connectivity index (χ1) is 11.2. The summed E-state index contributed by atoms with van der Waals surface area (Å²) in [5, 5.41) is 12.2. The van der Waals surface area contributed by atoms with E-state index in [0.29, 0.717) is 19.4 Å². The Morgan fingerprint density at radius 3 is 2.43 bits per heavy atom. The largest absolute Gasteiger partial charge is 0.396 e. The second-order valence-corrected chi connectivity index (χ2v) is 5.91. The summed E-state index contributed by atoms with van der Waals surface area (Å²) in [5.41, 5.74) is 3.56. The van der Waals surface area contributed by atoms with Crippen LogP contribution in [-0.2, 0) is 11.2 Å². The van der Waals surface area contributed by atoms with Crippen LogP contribution in [0.1, 0.15) is 35.4 Å². The Hall–Kier alpha value is -2.13. The Bertz CT molecular complexity index is 593. The molecule has 0 aliphatic heterocycles. The van der Waals surface area contributed by atoms with E-state index in [9.17, 15) is 9.90 Å². The minimum atomic E-state index is 0.0597. The molecule has 3 heteroatoms. The van der Waals surface area contributed by atoms with Gasteiger partial charge in [0, 0.05) is 25.5 Å². The zero-order valence-corrected chi connectivity index (χ0v) is 13.7. The Labute approximate surface area is 138 Å². The van der Waals surface area contributed by atoms with Gasteiger partial charge in [-0.2, -0.15) is 0 Å². The molecule has 0 saturated carbocycles. The van der Waals surface area contributed by atoms with Gasteiger partial charge in [-0.15, -0.1) is 0 Å². The number of rotatable bonds is 8. The van der Waals surface area contributed by atoms with Gasteiger partial charge in [-0.05, 0) is 30.9 Å². The van der Waals surface area contributed by atoms with Gasteiger partial charge < -0.3 is 10.4 Å². The van der Waals surface area contributed by atoms with Gasteiger partial charge in [-0.1, -0.05) is 60.2 Å². The molecule has 1 amide bonds. The van der Waals surface area contributed by atoms with E-state index in [0.717, 1.165) is 12.0 Å². The van der Waals surface area contributed by atoms with Crippen LogP contribution < -0.4 is 5.32 Å². The number of nitrogens with one attached hydrogen (secondary N) is 1. The number of amides is 1. The van der Waals surface area contributed by atoms with Crippen LogP contribution in [0.5, 0.6) is 0 Å². The molecule has 2 aromatic rings. The molecule has 0 bridgehead atoms. The minimum Gasteiger partial charge on any atom is -0.396 e. The molecular weight excluding hydrogens is 286 g/mol. The third kappa shape index (κ3) is 5.87. The van der Waals surface area contributed by atoms with Crippen molar-refractivity contribution in [2.24, 2.45) is 0 Å². The molecule has 0 aromatic heterocycles. The zero-order chi connectivity index (χ0) is 16.5. The van der Waals surface area contributed by atoms with E-state index >= 15 is 0 Å². The smallest absolute Gasteiger partial charge is 0.220 e. The van der Waals surface area contributed by atoms with Crippen molar-refractivity contribution in [2.75, 3.05) is 13.2 Å². The lowest BCUT2D eigenvalue weighted by Gasteiger charge is -2.17. The summed E-state index contributed by atoms with van der Waals surface area (Å²) >= 11 is 0. The summed E-state index contributed by atoms with van der Waals surface area (Å²) < 4.78 is 0. The van der Waals surface area contributed by atoms with Crippen molar-refractivity contribution in [1.29, 1.82) is 0 Å². The number of carbonyl (C=O) groups is 1. The summed E-state index contributed by atoms with van der Waals surface area (Å²) in [6.07, 6.45) is 1.90. The van der Waals surface area contributed by atoms with Gasteiger partial charge in [-0.3, -0.25) is 4.79 Å². The molecule has 0 saturated heterocycles.